The van der Waals surface area contributed by atoms with Crippen LogP contribution in [0.2, 0.25) is 0 Å². The molecule has 0 radical (unpaired) electrons. The lowest BCUT2D eigenvalue weighted by Crippen LogP contribution is -2.45. The van der Waals surface area contributed by atoms with E-state index in [0.717, 1.165) is 44.9 Å². The molecule has 0 heterocycles. The first-order valence-corrected chi connectivity index (χ1v) is 29.4. The minimum Gasteiger partial charge on any atom is -0.387 e. The maximum absolute atomic E-state index is 13.0. The second-order valence-electron chi connectivity index (χ2n) is 20.3. The number of likely N-dealkylation sites (N-methyl/N-ethyl adjacent to an activating group) is 1. The van der Waals surface area contributed by atoms with Gasteiger partial charge >= 0.3 is 7.82 Å². The lowest BCUT2D eigenvalue weighted by Gasteiger charge is -2.25. The van der Waals surface area contributed by atoms with Crippen LogP contribution in [0.4, 0.5) is 0 Å². The maximum atomic E-state index is 13.0. The van der Waals surface area contributed by atoms with Crippen LogP contribution in [-0.2, 0) is 18.4 Å². The second kappa shape index (κ2) is 47.8. The fourth-order valence-corrected chi connectivity index (χ4v) is 8.93. The Morgan fingerprint density at radius 3 is 1.23 bits per heavy atom. The molecule has 0 rings (SSSR count). The predicted molar refractivity (Wildman–Crippen MR) is 281 cm³/mol. The summed E-state index contributed by atoms with van der Waals surface area (Å²) in [7, 11) is 1.55. The zero-order valence-electron chi connectivity index (χ0n) is 43.7. The van der Waals surface area contributed by atoms with Crippen molar-refractivity contribution in [2.45, 2.75) is 276 Å². The molecule has 0 fully saturated rings. The molecule has 3 unspecified atom stereocenters. The van der Waals surface area contributed by atoms with E-state index in [2.05, 4.69) is 43.5 Å². The summed E-state index contributed by atoms with van der Waals surface area (Å²) in [5.41, 5.74) is 0. The summed E-state index contributed by atoms with van der Waals surface area (Å²) in [6.07, 6.45) is 61.0. The predicted octanol–water partition coefficient (Wildman–Crippen LogP) is 16.6. The Morgan fingerprint density at radius 1 is 0.508 bits per heavy atom. The van der Waals surface area contributed by atoms with Gasteiger partial charge in [-0.15, -0.1) is 0 Å². The molecular weight excluding hydrogens is 828 g/mol. The first-order chi connectivity index (χ1) is 31.5. The molecule has 0 aromatic rings. The smallest absolute Gasteiger partial charge is 0.387 e. The molecule has 0 aliphatic heterocycles. The van der Waals surface area contributed by atoms with Gasteiger partial charge in [-0.2, -0.15) is 0 Å². The largest absolute Gasteiger partial charge is 0.472 e. The Morgan fingerprint density at radius 2 is 0.846 bits per heavy atom. The van der Waals surface area contributed by atoms with Crippen LogP contribution in [0.15, 0.2) is 36.5 Å². The summed E-state index contributed by atoms with van der Waals surface area (Å²) >= 11 is 0. The van der Waals surface area contributed by atoms with Crippen molar-refractivity contribution in [1.29, 1.82) is 0 Å². The highest BCUT2D eigenvalue weighted by Gasteiger charge is 2.27. The van der Waals surface area contributed by atoms with E-state index < -0.39 is 20.0 Å². The molecule has 0 spiro atoms. The van der Waals surface area contributed by atoms with E-state index in [-0.39, 0.29) is 19.1 Å². The number of nitrogens with one attached hydrogen (secondary N) is 1. The monoisotopic (exact) mass is 938 g/mol. The van der Waals surface area contributed by atoms with Gasteiger partial charge in [0.05, 0.1) is 39.9 Å². The van der Waals surface area contributed by atoms with E-state index in [1.54, 1.807) is 6.08 Å². The Kier molecular flexibility index (Phi) is 46.8. The molecule has 65 heavy (non-hydrogen) atoms. The van der Waals surface area contributed by atoms with Crippen LogP contribution in [-0.4, -0.2) is 73.4 Å². The van der Waals surface area contributed by atoms with Crippen LogP contribution < -0.4 is 5.32 Å². The minimum atomic E-state index is -4.35. The number of quaternary nitrogens is 1. The zero-order valence-corrected chi connectivity index (χ0v) is 44.6. The van der Waals surface area contributed by atoms with Gasteiger partial charge in [0.25, 0.3) is 0 Å². The summed E-state index contributed by atoms with van der Waals surface area (Å²) in [6.45, 7) is 4.81. The second-order valence-corrected chi connectivity index (χ2v) is 21.8. The van der Waals surface area contributed by atoms with Crippen molar-refractivity contribution in [2.75, 3.05) is 40.9 Å². The highest BCUT2D eigenvalue weighted by atomic mass is 31.2. The van der Waals surface area contributed by atoms with Crippen molar-refractivity contribution in [1.82, 2.24) is 5.32 Å². The van der Waals surface area contributed by atoms with Crippen LogP contribution in [0.5, 0.6) is 0 Å². The number of carbonyl (C=O) groups is 1. The number of allylic oxidation sites excluding steroid dienone is 5. The molecular formula is C56H110N2O6P+. The molecule has 0 aromatic heterocycles. The van der Waals surface area contributed by atoms with E-state index in [1.807, 2.05) is 27.2 Å². The summed E-state index contributed by atoms with van der Waals surface area (Å²) < 4.78 is 23.7. The molecule has 0 aliphatic carbocycles. The Bertz CT molecular complexity index is 1150. The van der Waals surface area contributed by atoms with E-state index in [1.165, 1.54) is 199 Å². The van der Waals surface area contributed by atoms with Crippen molar-refractivity contribution in [3.8, 4) is 0 Å². The lowest BCUT2D eigenvalue weighted by atomic mass is 10.0. The summed E-state index contributed by atoms with van der Waals surface area (Å²) in [4.78, 5) is 23.3. The number of carbonyl (C=O) groups excluding carboxylic acids is 1. The summed E-state index contributed by atoms with van der Waals surface area (Å²) in [6, 6.07) is -0.867. The number of rotatable bonds is 51. The number of amides is 1. The highest BCUT2D eigenvalue weighted by molar-refractivity contribution is 7.47. The molecule has 9 heteroatoms. The third-order valence-corrected chi connectivity index (χ3v) is 13.6. The van der Waals surface area contributed by atoms with Crippen LogP contribution in [0.1, 0.15) is 264 Å². The van der Waals surface area contributed by atoms with Gasteiger partial charge in [0, 0.05) is 6.42 Å². The number of phosphoric acid groups is 1. The number of hydrogen-bond acceptors (Lipinski definition) is 5. The normalized spacial score (nSPS) is 14.3. The fourth-order valence-electron chi connectivity index (χ4n) is 8.19. The van der Waals surface area contributed by atoms with E-state index >= 15 is 0 Å². The van der Waals surface area contributed by atoms with Crippen LogP contribution in [0.25, 0.3) is 0 Å². The Labute approximate surface area is 404 Å². The minimum absolute atomic E-state index is 0.0550. The maximum Gasteiger partial charge on any atom is 0.472 e. The summed E-state index contributed by atoms with van der Waals surface area (Å²) in [5, 5.41) is 13.9. The third-order valence-electron chi connectivity index (χ3n) is 12.6. The van der Waals surface area contributed by atoms with Crippen molar-refractivity contribution >= 4 is 13.7 Å². The van der Waals surface area contributed by atoms with E-state index in [4.69, 9.17) is 9.05 Å². The average Bonchev–Trinajstić information content (AvgIpc) is 3.26. The number of phosphoric ester groups is 1. The van der Waals surface area contributed by atoms with Gasteiger partial charge in [-0.1, -0.05) is 249 Å². The number of unbranched alkanes of at least 4 members (excludes halogenated alkanes) is 34. The van der Waals surface area contributed by atoms with E-state index in [0.29, 0.717) is 17.4 Å². The first-order valence-electron chi connectivity index (χ1n) is 27.9. The molecule has 0 aromatic carbocycles. The molecule has 3 N–H and O–H groups in total. The molecule has 3 atom stereocenters. The number of aliphatic hydroxyl groups excluding tert-OH is 1. The Balaban J connectivity index is 4.24. The van der Waals surface area contributed by atoms with Crippen molar-refractivity contribution < 1.29 is 32.9 Å². The SMILES string of the molecule is CCCCCCCCCC/C=C/CC/C=C/CC/C=C/C(O)C(COP(=O)(O)OCC[N+](C)(C)C)NC(=O)CCCCCCCCCCCCCCCCCCCCCCCCCCC. The number of nitrogens with zero attached hydrogens (tertiary/aromatic N) is 1. The zero-order chi connectivity index (χ0) is 47.8. The standard InChI is InChI=1S/C56H109N2O6P/c1-6-8-10-12-14-16-18-20-22-24-26-27-28-29-30-31-32-34-36-38-40-42-44-46-48-50-56(60)57-54(53-64-65(61,62)63-52-51-58(3,4)5)55(59)49-47-45-43-41-39-37-35-33-25-23-21-19-17-15-13-11-9-7-2/h25,33,39,41,47,49,54-55,59H,6-24,26-32,34-38,40,42-46,48,50-53H2,1-5H3,(H-,57,60,61,62)/p+1/b33-25+,41-39+,49-47+. The topological polar surface area (TPSA) is 105 Å². The van der Waals surface area contributed by atoms with Crippen molar-refractivity contribution in [3.63, 3.8) is 0 Å². The molecule has 0 saturated carbocycles. The average molecular weight is 938 g/mol. The van der Waals surface area contributed by atoms with Gasteiger partial charge in [0.1, 0.15) is 13.2 Å². The molecule has 384 valence electrons. The first kappa shape index (κ1) is 63.7. The highest BCUT2D eigenvalue weighted by Crippen LogP contribution is 2.43. The Hall–Kier alpha value is -1.28. The van der Waals surface area contributed by atoms with E-state index in [9.17, 15) is 19.4 Å². The van der Waals surface area contributed by atoms with Crippen molar-refractivity contribution in [3.05, 3.63) is 36.5 Å². The summed E-state index contributed by atoms with van der Waals surface area (Å²) in [5.74, 6) is -0.186. The van der Waals surface area contributed by atoms with Crippen molar-refractivity contribution in [2.24, 2.45) is 0 Å². The quantitative estimate of drug-likeness (QED) is 0.0243. The van der Waals surface area contributed by atoms with Gasteiger partial charge in [-0.3, -0.25) is 13.8 Å². The molecule has 0 bridgehead atoms. The number of hydrogen-bond donors (Lipinski definition) is 3. The van der Waals surface area contributed by atoms with Crippen LogP contribution >= 0.6 is 7.82 Å². The fraction of sp³-hybridized carbons (Fsp3) is 0.875. The molecule has 1 amide bonds. The van der Waals surface area contributed by atoms with Crippen LogP contribution in [0, 0.1) is 0 Å². The van der Waals surface area contributed by atoms with Crippen LogP contribution in [0.3, 0.4) is 0 Å². The third kappa shape index (κ3) is 50.4. The van der Waals surface area contributed by atoms with Gasteiger partial charge in [0.2, 0.25) is 5.91 Å². The molecule has 0 aliphatic rings. The molecule has 8 nitrogen and oxygen atoms in total. The van der Waals surface area contributed by atoms with Gasteiger partial charge in [-0.05, 0) is 44.9 Å². The van der Waals surface area contributed by atoms with Gasteiger partial charge in [-0.25, -0.2) is 4.57 Å². The molecule has 0 saturated heterocycles. The van der Waals surface area contributed by atoms with Gasteiger partial charge in [0.15, 0.2) is 0 Å². The lowest BCUT2D eigenvalue weighted by molar-refractivity contribution is -0.870. The van der Waals surface area contributed by atoms with Gasteiger partial charge < -0.3 is 19.8 Å². The number of aliphatic hydroxyl groups is 1.